The molecule has 0 bridgehead atoms. The second kappa shape index (κ2) is 2.96. The van der Waals surface area contributed by atoms with Crippen LogP contribution in [0.3, 0.4) is 0 Å². The van der Waals surface area contributed by atoms with Gasteiger partial charge in [-0.25, -0.2) is 4.98 Å². The van der Waals surface area contributed by atoms with E-state index in [2.05, 4.69) is 20.9 Å². The summed E-state index contributed by atoms with van der Waals surface area (Å²) in [5.74, 6) is 0.0693. The van der Waals surface area contributed by atoms with Gasteiger partial charge < -0.3 is 0 Å². The minimum Gasteiger partial charge on any atom is -0.295 e. The number of ketones is 1. The largest absolute Gasteiger partial charge is 0.295 e. The Kier molecular flexibility index (Phi) is 1.92. The summed E-state index contributed by atoms with van der Waals surface area (Å²) in [6.45, 7) is 1.55. The lowest BCUT2D eigenvalue weighted by Crippen LogP contribution is -1.93. The number of aromatic nitrogens is 2. The van der Waals surface area contributed by atoms with Crippen LogP contribution in [0.25, 0.3) is 5.52 Å². The van der Waals surface area contributed by atoms with Crippen LogP contribution in [-0.4, -0.2) is 15.2 Å². The Bertz CT molecular complexity index is 475. The molecule has 0 spiro atoms. The molecule has 2 rings (SSSR count). The van der Waals surface area contributed by atoms with E-state index in [4.69, 9.17) is 0 Å². The van der Waals surface area contributed by atoms with Gasteiger partial charge in [0.1, 0.15) is 0 Å². The van der Waals surface area contributed by atoms with Crippen LogP contribution in [0, 0.1) is 0 Å². The fraction of sp³-hybridized carbons (Fsp3) is 0.111. The molecule has 0 saturated carbocycles. The lowest BCUT2D eigenvalue weighted by Gasteiger charge is -1.97. The Morgan fingerprint density at radius 1 is 1.62 bits per heavy atom. The summed E-state index contributed by atoms with van der Waals surface area (Å²) in [6, 6.07) is 3.60. The lowest BCUT2D eigenvalue weighted by molar-refractivity contribution is 0.101. The first-order chi connectivity index (χ1) is 6.18. The standard InChI is InChI=1S/C9H7BrN2O/c1-6(13)7-2-3-12-8(4-7)5-11-9(12)10/h2-5H,1H3. The molecule has 0 fully saturated rings. The van der Waals surface area contributed by atoms with Gasteiger partial charge in [-0.3, -0.25) is 9.20 Å². The highest BCUT2D eigenvalue weighted by Crippen LogP contribution is 2.13. The SMILES string of the molecule is CC(=O)c1ccn2c(Br)ncc2c1. The molecule has 2 aromatic rings. The van der Waals surface area contributed by atoms with Gasteiger partial charge >= 0.3 is 0 Å². The molecule has 0 unspecified atom stereocenters. The van der Waals surface area contributed by atoms with Gasteiger partial charge in [-0.1, -0.05) is 0 Å². The van der Waals surface area contributed by atoms with E-state index in [0.29, 0.717) is 5.56 Å². The van der Waals surface area contributed by atoms with Crippen LogP contribution in [0.2, 0.25) is 0 Å². The van der Waals surface area contributed by atoms with Gasteiger partial charge in [-0.15, -0.1) is 0 Å². The van der Waals surface area contributed by atoms with Crippen molar-refractivity contribution in [1.29, 1.82) is 0 Å². The summed E-state index contributed by atoms with van der Waals surface area (Å²) in [6.07, 6.45) is 3.54. The van der Waals surface area contributed by atoms with E-state index in [9.17, 15) is 4.79 Å². The predicted octanol–water partition coefficient (Wildman–Crippen LogP) is 2.30. The molecule has 13 heavy (non-hydrogen) atoms. The molecule has 0 N–H and O–H groups in total. The highest BCUT2D eigenvalue weighted by molar-refractivity contribution is 9.10. The molecular formula is C9H7BrN2O. The number of carbonyl (C=O) groups excluding carboxylic acids is 1. The van der Waals surface area contributed by atoms with Crippen molar-refractivity contribution in [2.75, 3.05) is 0 Å². The molecule has 4 heteroatoms. The van der Waals surface area contributed by atoms with Crippen molar-refractivity contribution < 1.29 is 4.79 Å². The molecule has 0 aromatic carbocycles. The van der Waals surface area contributed by atoms with Crippen molar-refractivity contribution in [3.63, 3.8) is 0 Å². The lowest BCUT2D eigenvalue weighted by atomic mass is 10.2. The van der Waals surface area contributed by atoms with Crippen LogP contribution in [0.1, 0.15) is 17.3 Å². The van der Waals surface area contributed by atoms with Crippen molar-refractivity contribution in [3.05, 3.63) is 34.8 Å². The number of rotatable bonds is 1. The number of carbonyl (C=O) groups is 1. The zero-order valence-corrected chi connectivity index (χ0v) is 8.58. The molecule has 0 radical (unpaired) electrons. The molecule has 0 amide bonds. The molecular weight excluding hydrogens is 232 g/mol. The van der Waals surface area contributed by atoms with Gasteiger partial charge in [-0.2, -0.15) is 0 Å². The maximum absolute atomic E-state index is 11.1. The Morgan fingerprint density at radius 3 is 3.08 bits per heavy atom. The van der Waals surface area contributed by atoms with Crippen molar-refractivity contribution in [2.24, 2.45) is 0 Å². The van der Waals surface area contributed by atoms with Crippen molar-refractivity contribution in [2.45, 2.75) is 6.92 Å². The van der Waals surface area contributed by atoms with Crippen LogP contribution in [0.4, 0.5) is 0 Å². The van der Waals surface area contributed by atoms with Crippen molar-refractivity contribution in [1.82, 2.24) is 9.38 Å². The molecule has 0 atom stereocenters. The second-order valence-electron chi connectivity index (χ2n) is 2.79. The molecule has 0 aliphatic rings. The smallest absolute Gasteiger partial charge is 0.181 e. The topological polar surface area (TPSA) is 34.4 Å². The van der Waals surface area contributed by atoms with Crippen LogP contribution in [-0.2, 0) is 0 Å². The minimum absolute atomic E-state index is 0.0693. The number of Topliss-reactive ketones (excluding diaryl/α,β-unsaturated/α-hetero) is 1. The van der Waals surface area contributed by atoms with E-state index in [0.717, 1.165) is 10.3 Å². The Morgan fingerprint density at radius 2 is 2.38 bits per heavy atom. The first kappa shape index (κ1) is 8.44. The van der Waals surface area contributed by atoms with E-state index in [1.165, 1.54) is 0 Å². The van der Waals surface area contributed by atoms with Crippen LogP contribution < -0.4 is 0 Å². The van der Waals surface area contributed by atoms with E-state index < -0.39 is 0 Å². The van der Waals surface area contributed by atoms with E-state index in [1.807, 2.05) is 16.7 Å². The number of nitrogens with zero attached hydrogens (tertiary/aromatic N) is 2. The Labute approximate surface area is 83.5 Å². The zero-order chi connectivity index (χ0) is 9.42. The molecule has 0 aliphatic carbocycles. The second-order valence-corrected chi connectivity index (χ2v) is 3.50. The number of hydrogen-bond donors (Lipinski definition) is 0. The number of imidazole rings is 1. The highest BCUT2D eigenvalue weighted by Gasteiger charge is 2.03. The average Bonchev–Trinajstić information content (AvgIpc) is 2.47. The zero-order valence-electron chi connectivity index (χ0n) is 6.99. The van der Waals surface area contributed by atoms with Crippen LogP contribution >= 0.6 is 15.9 Å². The molecule has 0 aliphatic heterocycles. The number of hydrogen-bond acceptors (Lipinski definition) is 2. The molecule has 3 nitrogen and oxygen atoms in total. The third kappa shape index (κ3) is 1.37. The van der Waals surface area contributed by atoms with Gasteiger partial charge in [0.2, 0.25) is 0 Å². The number of halogens is 1. The monoisotopic (exact) mass is 238 g/mol. The fourth-order valence-corrected chi connectivity index (χ4v) is 1.61. The summed E-state index contributed by atoms with van der Waals surface area (Å²) in [5, 5.41) is 0. The quantitative estimate of drug-likeness (QED) is 0.715. The van der Waals surface area contributed by atoms with Gasteiger partial charge in [0.05, 0.1) is 11.7 Å². The Balaban J connectivity index is 2.70. The van der Waals surface area contributed by atoms with Crippen LogP contribution in [0.15, 0.2) is 29.3 Å². The van der Waals surface area contributed by atoms with E-state index in [-0.39, 0.29) is 5.78 Å². The van der Waals surface area contributed by atoms with Gasteiger partial charge in [0.25, 0.3) is 0 Å². The summed E-state index contributed by atoms with van der Waals surface area (Å²) in [4.78, 5) is 15.1. The maximum Gasteiger partial charge on any atom is 0.181 e. The van der Waals surface area contributed by atoms with E-state index >= 15 is 0 Å². The van der Waals surface area contributed by atoms with Gasteiger partial charge in [0, 0.05) is 11.8 Å². The van der Waals surface area contributed by atoms with Gasteiger partial charge in [0.15, 0.2) is 10.5 Å². The third-order valence-corrected chi connectivity index (χ3v) is 2.48. The molecule has 2 aromatic heterocycles. The minimum atomic E-state index is 0.0693. The molecule has 2 heterocycles. The third-order valence-electron chi connectivity index (χ3n) is 1.89. The summed E-state index contributed by atoms with van der Waals surface area (Å²) in [5.41, 5.74) is 1.62. The number of pyridine rings is 1. The van der Waals surface area contributed by atoms with Crippen molar-refractivity contribution in [3.8, 4) is 0 Å². The highest BCUT2D eigenvalue weighted by atomic mass is 79.9. The summed E-state index contributed by atoms with van der Waals surface area (Å²) < 4.78 is 2.62. The van der Waals surface area contributed by atoms with Gasteiger partial charge in [-0.05, 0) is 35.0 Å². The molecule has 66 valence electrons. The maximum atomic E-state index is 11.1. The predicted molar refractivity (Wildman–Crippen MR) is 52.9 cm³/mol. The molecule has 0 saturated heterocycles. The Hall–Kier alpha value is -1.16. The fourth-order valence-electron chi connectivity index (χ4n) is 1.19. The average molecular weight is 239 g/mol. The van der Waals surface area contributed by atoms with Crippen molar-refractivity contribution >= 4 is 27.2 Å². The number of fused-ring (bicyclic) bond motifs is 1. The van der Waals surface area contributed by atoms with Crippen LogP contribution in [0.5, 0.6) is 0 Å². The normalized spacial score (nSPS) is 10.6. The first-order valence-electron chi connectivity index (χ1n) is 3.82. The summed E-state index contributed by atoms with van der Waals surface area (Å²) >= 11 is 3.30. The first-order valence-corrected chi connectivity index (χ1v) is 4.61. The van der Waals surface area contributed by atoms with E-state index in [1.54, 1.807) is 19.2 Å². The summed E-state index contributed by atoms with van der Waals surface area (Å²) in [7, 11) is 0.